The van der Waals surface area contributed by atoms with Crippen LogP contribution in [0.15, 0.2) is 0 Å². The number of hydrogen-bond acceptors (Lipinski definition) is 4. The largest absolute Gasteiger partial charge is 0.384 e. The highest BCUT2D eigenvalue weighted by Crippen LogP contribution is 2.28. The molecule has 2 fully saturated rings. The maximum atomic E-state index is 11.9. The van der Waals surface area contributed by atoms with Gasteiger partial charge in [-0.1, -0.05) is 12.8 Å². The summed E-state index contributed by atoms with van der Waals surface area (Å²) in [5.41, 5.74) is 0.0863. The summed E-state index contributed by atoms with van der Waals surface area (Å²) in [6, 6.07) is 0. The summed E-state index contributed by atoms with van der Waals surface area (Å²) in [6.07, 6.45) is 7.06. The van der Waals surface area contributed by atoms with Crippen LogP contribution in [-0.4, -0.2) is 52.0 Å². The second kappa shape index (κ2) is 9.62. The Morgan fingerprint density at radius 3 is 2.57 bits per heavy atom. The number of ether oxygens (including phenoxy) is 2. The fourth-order valence-electron chi connectivity index (χ4n) is 3.22. The Labute approximate surface area is 133 Å². The molecule has 0 aromatic carbocycles. The number of nitrogens with one attached hydrogen (secondary N) is 2. The van der Waals surface area contributed by atoms with Crippen LogP contribution < -0.4 is 10.6 Å². The molecule has 1 amide bonds. The number of carbonyl (C=O) groups is 1. The Hall–Kier alpha value is -0.360. The van der Waals surface area contributed by atoms with Crippen LogP contribution in [0.3, 0.4) is 0 Å². The van der Waals surface area contributed by atoms with Gasteiger partial charge in [0.15, 0.2) is 0 Å². The summed E-state index contributed by atoms with van der Waals surface area (Å²) < 4.78 is 11.0. The average molecular weight is 321 g/mol. The quantitative estimate of drug-likeness (QED) is 0.746. The summed E-state index contributed by atoms with van der Waals surface area (Å²) >= 11 is 0. The Balaban J connectivity index is 0.00000220. The lowest BCUT2D eigenvalue weighted by Gasteiger charge is -2.37. The van der Waals surface area contributed by atoms with Gasteiger partial charge in [0.05, 0.1) is 12.7 Å². The Kier molecular flexibility index (Phi) is 8.56. The number of hydrogen-bond donors (Lipinski definition) is 2. The lowest BCUT2D eigenvalue weighted by Crippen LogP contribution is -2.47. The van der Waals surface area contributed by atoms with Crippen LogP contribution in [0.4, 0.5) is 0 Å². The van der Waals surface area contributed by atoms with E-state index in [1.807, 2.05) is 0 Å². The van der Waals surface area contributed by atoms with E-state index in [0.717, 1.165) is 38.8 Å². The molecular formula is C15H29ClN2O3. The molecule has 0 aromatic heterocycles. The van der Waals surface area contributed by atoms with Gasteiger partial charge in [-0.05, 0) is 38.8 Å². The van der Waals surface area contributed by atoms with Crippen molar-refractivity contribution in [2.24, 2.45) is 5.41 Å². The van der Waals surface area contributed by atoms with E-state index in [0.29, 0.717) is 19.3 Å². The molecule has 6 heteroatoms. The molecule has 2 aliphatic rings. The maximum Gasteiger partial charge on any atom is 0.246 e. The van der Waals surface area contributed by atoms with Crippen LogP contribution in [0.25, 0.3) is 0 Å². The lowest BCUT2D eigenvalue weighted by atomic mass is 9.79. The molecule has 124 valence electrons. The van der Waals surface area contributed by atoms with Crippen molar-refractivity contribution in [3.05, 3.63) is 0 Å². The van der Waals surface area contributed by atoms with E-state index in [1.54, 1.807) is 7.11 Å². The molecule has 0 bridgehead atoms. The highest BCUT2D eigenvalue weighted by Gasteiger charge is 2.32. The average Bonchev–Trinajstić information content (AvgIpc) is 2.98. The minimum Gasteiger partial charge on any atom is -0.384 e. The first-order valence-corrected chi connectivity index (χ1v) is 7.82. The molecule has 1 saturated heterocycles. The van der Waals surface area contributed by atoms with Gasteiger partial charge in [0, 0.05) is 19.1 Å². The third-order valence-corrected chi connectivity index (χ3v) is 4.53. The van der Waals surface area contributed by atoms with E-state index in [-0.39, 0.29) is 30.3 Å². The van der Waals surface area contributed by atoms with Gasteiger partial charge in [-0.3, -0.25) is 4.79 Å². The Morgan fingerprint density at radius 1 is 1.29 bits per heavy atom. The number of rotatable bonds is 7. The van der Waals surface area contributed by atoms with Crippen molar-refractivity contribution in [3.8, 4) is 0 Å². The highest BCUT2D eigenvalue weighted by molar-refractivity contribution is 5.85. The molecular weight excluding hydrogens is 292 g/mol. The predicted molar refractivity (Wildman–Crippen MR) is 84.9 cm³/mol. The normalized spacial score (nSPS) is 21.8. The van der Waals surface area contributed by atoms with Gasteiger partial charge in [0.25, 0.3) is 0 Å². The molecule has 0 unspecified atom stereocenters. The van der Waals surface area contributed by atoms with Crippen molar-refractivity contribution >= 4 is 18.3 Å². The van der Waals surface area contributed by atoms with E-state index in [2.05, 4.69) is 10.6 Å². The second-order valence-corrected chi connectivity index (χ2v) is 6.18. The molecule has 0 atom stereocenters. The molecule has 0 aromatic rings. The van der Waals surface area contributed by atoms with Crippen molar-refractivity contribution in [1.82, 2.24) is 10.6 Å². The van der Waals surface area contributed by atoms with E-state index in [4.69, 9.17) is 9.47 Å². The zero-order valence-electron chi connectivity index (χ0n) is 13.0. The van der Waals surface area contributed by atoms with Crippen molar-refractivity contribution in [3.63, 3.8) is 0 Å². The van der Waals surface area contributed by atoms with Gasteiger partial charge >= 0.3 is 0 Å². The zero-order valence-corrected chi connectivity index (χ0v) is 13.8. The van der Waals surface area contributed by atoms with Gasteiger partial charge in [-0.25, -0.2) is 0 Å². The first kappa shape index (κ1) is 18.7. The third-order valence-electron chi connectivity index (χ3n) is 4.53. The first-order chi connectivity index (χ1) is 9.74. The Bertz CT molecular complexity index is 298. The van der Waals surface area contributed by atoms with Crippen molar-refractivity contribution in [2.75, 3.05) is 40.0 Å². The molecule has 5 nitrogen and oxygen atoms in total. The molecule has 1 aliphatic carbocycles. The van der Waals surface area contributed by atoms with Crippen LogP contribution >= 0.6 is 12.4 Å². The van der Waals surface area contributed by atoms with Crippen LogP contribution in [0.5, 0.6) is 0 Å². The molecule has 0 radical (unpaired) electrons. The Morgan fingerprint density at radius 2 is 1.95 bits per heavy atom. The van der Waals surface area contributed by atoms with Crippen molar-refractivity contribution in [2.45, 2.75) is 44.6 Å². The standard InChI is InChI=1S/C15H28N2O3.ClH/c1-19-12-15(6-8-16-9-7-15)11-17-14(18)10-20-13-4-2-3-5-13;/h13,16H,2-12H2,1H3,(H,17,18);1H. The zero-order chi connectivity index (χ0) is 14.3. The molecule has 1 heterocycles. The summed E-state index contributed by atoms with van der Waals surface area (Å²) in [5, 5.41) is 6.39. The van der Waals surface area contributed by atoms with Gasteiger partial charge in [-0.15, -0.1) is 12.4 Å². The van der Waals surface area contributed by atoms with Crippen LogP contribution in [-0.2, 0) is 14.3 Å². The van der Waals surface area contributed by atoms with E-state index >= 15 is 0 Å². The molecule has 1 saturated carbocycles. The van der Waals surface area contributed by atoms with Gasteiger partial charge < -0.3 is 20.1 Å². The third kappa shape index (κ3) is 6.10. The van der Waals surface area contributed by atoms with E-state index in [9.17, 15) is 4.79 Å². The smallest absolute Gasteiger partial charge is 0.246 e. The number of piperidine rings is 1. The van der Waals surface area contributed by atoms with E-state index in [1.165, 1.54) is 12.8 Å². The summed E-state index contributed by atoms with van der Waals surface area (Å²) in [4.78, 5) is 11.9. The number of amides is 1. The SMILES string of the molecule is COCC1(CNC(=O)COC2CCCC2)CCNCC1.Cl. The molecule has 0 spiro atoms. The second-order valence-electron chi connectivity index (χ2n) is 6.18. The first-order valence-electron chi connectivity index (χ1n) is 7.82. The fourth-order valence-corrected chi connectivity index (χ4v) is 3.22. The predicted octanol–water partition coefficient (Wildman–Crippen LogP) is 1.50. The molecule has 1 aliphatic heterocycles. The van der Waals surface area contributed by atoms with Gasteiger partial charge in [-0.2, -0.15) is 0 Å². The lowest BCUT2D eigenvalue weighted by molar-refractivity contribution is -0.128. The molecule has 2 N–H and O–H groups in total. The number of halogens is 1. The van der Waals surface area contributed by atoms with Crippen molar-refractivity contribution in [1.29, 1.82) is 0 Å². The van der Waals surface area contributed by atoms with Crippen LogP contribution in [0, 0.1) is 5.41 Å². The maximum absolute atomic E-state index is 11.9. The number of carbonyl (C=O) groups excluding carboxylic acids is 1. The topological polar surface area (TPSA) is 59.6 Å². The number of methoxy groups -OCH3 is 1. The summed E-state index contributed by atoms with van der Waals surface area (Å²) in [6.45, 7) is 3.59. The highest BCUT2D eigenvalue weighted by atomic mass is 35.5. The monoisotopic (exact) mass is 320 g/mol. The molecule has 21 heavy (non-hydrogen) atoms. The molecule has 2 rings (SSSR count). The van der Waals surface area contributed by atoms with E-state index < -0.39 is 0 Å². The van der Waals surface area contributed by atoms with Crippen LogP contribution in [0.2, 0.25) is 0 Å². The summed E-state index contributed by atoms with van der Waals surface area (Å²) in [7, 11) is 1.73. The van der Waals surface area contributed by atoms with Crippen LogP contribution in [0.1, 0.15) is 38.5 Å². The fraction of sp³-hybridized carbons (Fsp3) is 0.933. The summed E-state index contributed by atoms with van der Waals surface area (Å²) in [5.74, 6) is 0.00547. The van der Waals surface area contributed by atoms with Gasteiger partial charge in [0.2, 0.25) is 5.91 Å². The minimum absolute atomic E-state index is 0. The van der Waals surface area contributed by atoms with Crippen molar-refractivity contribution < 1.29 is 14.3 Å². The van der Waals surface area contributed by atoms with Gasteiger partial charge in [0.1, 0.15) is 6.61 Å². The minimum atomic E-state index is 0.